The van der Waals surface area contributed by atoms with Crippen LogP contribution in [-0.2, 0) is 24.0 Å². The van der Waals surface area contributed by atoms with E-state index in [1.165, 1.54) is 18.9 Å². The van der Waals surface area contributed by atoms with Gasteiger partial charge in [-0.05, 0) is 41.0 Å². The van der Waals surface area contributed by atoms with Gasteiger partial charge in [0, 0.05) is 13.2 Å². The molecule has 0 fully saturated rings. The Morgan fingerprint density at radius 3 is 2.50 bits per heavy atom. The molecule has 9 nitrogen and oxygen atoms in total. The molecular weight excluding hydrogens is 371 g/mol. The molecule has 0 unspecified atom stereocenters. The van der Waals surface area contributed by atoms with Crippen LogP contribution in [0.3, 0.4) is 0 Å². The smallest absolute Gasteiger partial charge is 0.265 e. The van der Waals surface area contributed by atoms with Gasteiger partial charge in [-0.2, -0.15) is 4.99 Å². The van der Waals surface area contributed by atoms with Crippen molar-refractivity contribution >= 4 is 23.6 Å². The lowest BCUT2D eigenvalue weighted by molar-refractivity contribution is -0.189. The predicted octanol–water partition coefficient (Wildman–Crippen LogP) is 0.674. The van der Waals surface area contributed by atoms with Gasteiger partial charge in [-0.15, -0.1) is 0 Å². The van der Waals surface area contributed by atoms with Gasteiger partial charge >= 0.3 is 0 Å². The Morgan fingerprint density at radius 2 is 1.96 bits per heavy atom. The molecule has 2 N–H and O–H groups in total. The second-order valence-corrected chi connectivity index (χ2v) is 7.25. The van der Waals surface area contributed by atoms with E-state index in [2.05, 4.69) is 4.99 Å². The van der Waals surface area contributed by atoms with E-state index in [9.17, 15) is 18.8 Å². The zero-order chi connectivity index (χ0) is 21.5. The van der Waals surface area contributed by atoms with Crippen molar-refractivity contribution in [1.29, 1.82) is 0 Å². The second kappa shape index (κ2) is 10.0. The number of likely N-dealkylation sites (N-methyl/N-ethyl adjacent to an activating group) is 1. The SMILES string of the molecule is CCON(CC)C(=O)[C@@](C)(N)CCOCCN1C(=O)C(C)(C)C(=O)N=C1CF. The van der Waals surface area contributed by atoms with Gasteiger partial charge in [0.05, 0.1) is 25.3 Å². The number of hydrogen-bond acceptors (Lipinski definition) is 6. The average molecular weight is 402 g/mol. The standard InChI is InChI=1S/C18H31FN4O5/c1-6-23(28-7-2)16(26)18(5,20)8-10-27-11-9-22-13(12-19)21-14(24)17(3,4)15(22)25/h6-12,20H2,1-5H3/t18-/m0/s1. The number of aliphatic imine (C=N–C) groups is 1. The van der Waals surface area contributed by atoms with E-state index in [4.69, 9.17) is 15.3 Å². The monoisotopic (exact) mass is 402 g/mol. The minimum Gasteiger partial charge on any atom is -0.380 e. The molecule has 10 heteroatoms. The lowest BCUT2D eigenvalue weighted by Crippen LogP contribution is -2.54. The number of nitrogens with two attached hydrogens (primary N) is 1. The van der Waals surface area contributed by atoms with E-state index in [1.807, 2.05) is 0 Å². The topological polar surface area (TPSA) is 115 Å². The van der Waals surface area contributed by atoms with Crippen LogP contribution in [0.25, 0.3) is 0 Å². The number of halogens is 1. The predicted molar refractivity (Wildman–Crippen MR) is 101 cm³/mol. The van der Waals surface area contributed by atoms with Crippen molar-refractivity contribution in [2.24, 2.45) is 16.1 Å². The molecule has 3 amide bonds. The van der Waals surface area contributed by atoms with Crippen LogP contribution in [0.2, 0.25) is 0 Å². The molecule has 0 aromatic heterocycles. The van der Waals surface area contributed by atoms with E-state index in [0.29, 0.717) is 13.2 Å². The van der Waals surface area contributed by atoms with Crippen LogP contribution in [0.1, 0.15) is 41.0 Å². The first-order valence-corrected chi connectivity index (χ1v) is 9.34. The third-order valence-electron chi connectivity index (χ3n) is 4.49. The summed E-state index contributed by atoms with van der Waals surface area (Å²) in [5.74, 6) is -1.74. The Bertz CT molecular complexity index is 621. The van der Waals surface area contributed by atoms with Gasteiger partial charge in [-0.3, -0.25) is 24.1 Å². The molecular formula is C18H31FN4O5. The van der Waals surface area contributed by atoms with E-state index in [1.54, 1.807) is 20.8 Å². The van der Waals surface area contributed by atoms with Gasteiger partial charge in [-0.25, -0.2) is 9.45 Å². The number of amidine groups is 1. The third-order valence-corrected chi connectivity index (χ3v) is 4.49. The molecule has 160 valence electrons. The molecule has 0 aromatic rings. The maximum absolute atomic E-state index is 13.1. The molecule has 1 rings (SSSR count). The molecule has 1 aliphatic rings. The number of amides is 3. The van der Waals surface area contributed by atoms with E-state index < -0.39 is 29.4 Å². The minimum absolute atomic E-state index is 0.0492. The number of hydrogen-bond donors (Lipinski definition) is 1. The summed E-state index contributed by atoms with van der Waals surface area (Å²) in [5.41, 5.74) is 3.58. The van der Waals surface area contributed by atoms with Crippen LogP contribution in [0.4, 0.5) is 4.39 Å². The fourth-order valence-corrected chi connectivity index (χ4v) is 2.58. The fourth-order valence-electron chi connectivity index (χ4n) is 2.58. The van der Waals surface area contributed by atoms with Crippen molar-refractivity contribution in [3.05, 3.63) is 0 Å². The molecule has 0 radical (unpaired) electrons. The molecule has 0 saturated heterocycles. The quantitative estimate of drug-likeness (QED) is 0.309. The Hall–Kier alpha value is -1.91. The summed E-state index contributed by atoms with van der Waals surface area (Å²) in [5, 5.41) is 1.22. The lowest BCUT2D eigenvalue weighted by Gasteiger charge is -2.34. The highest BCUT2D eigenvalue weighted by molar-refractivity contribution is 6.18. The largest absolute Gasteiger partial charge is 0.380 e. The van der Waals surface area contributed by atoms with E-state index in [-0.39, 0.29) is 37.9 Å². The third kappa shape index (κ3) is 5.55. The summed E-state index contributed by atoms with van der Waals surface area (Å²) in [4.78, 5) is 46.7. The first kappa shape index (κ1) is 24.1. The zero-order valence-electron chi connectivity index (χ0n) is 17.3. The first-order valence-electron chi connectivity index (χ1n) is 9.34. The molecule has 28 heavy (non-hydrogen) atoms. The summed E-state index contributed by atoms with van der Waals surface area (Å²) in [6.45, 7) is 8.06. The maximum Gasteiger partial charge on any atom is 0.265 e. The van der Waals surface area contributed by atoms with Gasteiger partial charge in [0.2, 0.25) is 5.91 Å². The summed E-state index contributed by atoms with van der Waals surface area (Å²) < 4.78 is 18.6. The lowest BCUT2D eigenvalue weighted by atomic mass is 9.89. The molecule has 0 aromatic carbocycles. The number of nitrogens with zero attached hydrogens (tertiary/aromatic N) is 3. The minimum atomic E-state index is -1.33. The first-order chi connectivity index (χ1) is 13.0. The van der Waals surface area contributed by atoms with Crippen LogP contribution in [-0.4, -0.2) is 78.6 Å². The van der Waals surface area contributed by atoms with Crippen molar-refractivity contribution < 1.29 is 28.3 Å². The molecule has 1 atom stereocenters. The van der Waals surface area contributed by atoms with Crippen molar-refractivity contribution in [1.82, 2.24) is 9.96 Å². The number of rotatable bonds is 11. The number of ether oxygens (including phenoxy) is 1. The van der Waals surface area contributed by atoms with Crippen molar-refractivity contribution in [2.45, 2.75) is 46.6 Å². The van der Waals surface area contributed by atoms with Gasteiger partial charge in [-0.1, -0.05) is 0 Å². The Labute approximate surface area is 165 Å². The van der Waals surface area contributed by atoms with Gasteiger partial charge in [0.25, 0.3) is 11.8 Å². The molecule has 0 aliphatic carbocycles. The summed E-state index contributed by atoms with van der Waals surface area (Å²) in [7, 11) is 0. The Morgan fingerprint density at radius 1 is 1.32 bits per heavy atom. The van der Waals surface area contributed by atoms with Gasteiger partial charge in [0.1, 0.15) is 17.9 Å². The van der Waals surface area contributed by atoms with Crippen LogP contribution < -0.4 is 5.73 Å². The van der Waals surface area contributed by atoms with Crippen molar-refractivity contribution in [2.75, 3.05) is 39.6 Å². The van der Waals surface area contributed by atoms with Crippen LogP contribution in [0.15, 0.2) is 4.99 Å². The second-order valence-electron chi connectivity index (χ2n) is 7.25. The van der Waals surface area contributed by atoms with Crippen LogP contribution >= 0.6 is 0 Å². The van der Waals surface area contributed by atoms with Crippen molar-refractivity contribution in [3.8, 4) is 0 Å². The van der Waals surface area contributed by atoms with Crippen LogP contribution in [0, 0.1) is 5.41 Å². The molecule has 0 bridgehead atoms. The number of carbonyl (C=O) groups is 3. The highest BCUT2D eigenvalue weighted by Crippen LogP contribution is 2.25. The van der Waals surface area contributed by atoms with Crippen LogP contribution in [0.5, 0.6) is 0 Å². The van der Waals surface area contributed by atoms with Gasteiger partial charge < -0.3 is 10.5 Å². The highest BCUT2D eigenvalue weighted by atomic mass is 19.1. The van der Waals surface area contributed by atoms with Gasteiger partial charge in [0.15, 0.2) is 0 Å². The van der Waals surface area contributed by atoms with E-state index >= 15 is 0 Å². The molecule has 1 heterocycles. The average Bonchev–Trinajstić information content (AvgIpc) is 2.65. The Balaban J connectivity index is 2.56. The number of alkyl halides is 1. The molecule has 0 spiro atoms. The summed E-state index contributed by atoms with van der Waals surface area (Å²) in [6.07, 6.45) is 0.234. The van der Waals surface area contributed by atoms with E-state index in [0.717, 1.165) is 4.90 Å². The molecule has 0 saturated carbocycles. The summed E-state index contributed by atoms with van der Waals surface area (Å²) >= 11 is 0. The zero-order valence-corrected chi connectivity index (χ0v) is 17.3. The van der Waals surface area contributed by atoms with Crippen molar-refractivity contribution in [3.63, 3.8) is 0 Å². The number of carbonyl (C=O) groups excluding carboxylic acids is 3. The Kier molecular flexibility index (Phi) is 8.65. The maximum atomic E-state index is 13.1. The normalized spacial score (nSPS) is 18.7. The number of hydroxylamine groups is 2. The molecule has 1 aliphatic heterocycles. The highest BCUT2D eigenvalue weighted by Gasteiger charge is 2.44. The fraction of sp³-hybridized carbons (Fsp3) is 0.778. The summed E-state index contributed by atoms with van der Waals surface area (Å²) in [6, 6.07) is 0.